The SMILES string of the molecule is Cn1ccc2ccc(C(=O)Nc3ccc(F)c(C4(C)COC(C)(C(F)(F)F)C(N)=N4)c3)nc21. The maximum atomic E-state index is 14.7. The number of amides is 1. The first kappa shape index (κ1) is 22.7. The highest BCUT2D eigenvalue weighted by molar-refractivity contribution is 6.04. The average Bonchev–Trinajstić information content (AvgIpc) is 3.12. The van der Waals surface area contributed by atoms with Gasteiger partial charge in [-0.05, 0) is 50.2 Å². The van der Waals surface area contributed by atoms with Gasteiger partial charge in [0.15, 0.2) is 0 Å². The third kappa shape index (κ3) is 3.82. The van der Waals surface area contributed by atoms with Crippen LogP contribution in [0, 0.1) is 5.82 Å². The summed E-state index contributed by atoms with van der Waals surface area (Å²) < 4.78 is 61.6. The van der Waals surface area contributed by atoms with Gasteiger partial charge in [0.2, 0.25) is 5.60 Å². The van der Waals surface area contributed by atoms with Crippen molar-refractivity contribution in [2.45, 2.75) is 31.2 Å². The van der Waals surface area contributed by atoms with Crippen molar-refractivity contribution in [3.05, 3.63) is 59.7 Å². The van der Waals surface area contributed by atoms with Gasteiger partial charge < -0.3 is 20.4 Å². The number of aromatic nitrogens is 2. The minimum atomic E-state index is -4.79. The van der Waals surface area contributed by atoms with Crippen molar-refractivity contribution < 1.29 is 27.1 Å². The van der Waals surface area contributed by atoms with E-state index >= 15 is 0 Å². The Morgan fingerprint density at radius 2 is 1.94 bits per heavy atom. The third-order valence-corrected chi connectivity index (χ3v) is 5.79. The number of aryl methyl sites for hydroxylation is 1. The topological polar surface area (TPSA) is 94.5 Å². The van der Waals surface area contributed by atoms with Gasteiger partial charge in [0.25, 0.3) is 5.91 Å². The van der Waals surface area contributed by atoms with E-state index in [1.807, 2.05) is 12.3 Å². The molecule has 1 aromatic carbocycles. The number of nitrogens with two attached hydrogens (primary N) is 1. The number of ether oxygens (including phenoxy) is 1. The highest BCUT2D eigenvalue weighted by Gasteiger charge is 2.59. The van der Waals surface area contributed by atoms with Crippen LogP contribution in [0.5, 0.6) is 0 Å². The number of nitrogens with zero attached hydrogens (tertiary/aromatic N) is 3. The number of amidine groups is 1. The van der Waals surface area contributed by atoms with Crippen molar-refractivity contribution in [2.75, 3.05) is 11.9 Å². The number of pyridine rings is 1. The number of halogens is 4. The standard InChI is InChI=1S/C22H21F4N5O2/c1-20(11-33-21(2,19(27)30-20)22(24,25)26)14-10-13(5-6-15(14)23)28-18(32)16-7-4-12-8-9-31(3)17(12)29-16/h4-10H,11H2,1-3H3,(H2,27,30)(H,28,32). The van der Waals surface area contributed by atoms with Gasteiger partial charge in [-0.25, -0.2) is 9.37 Å². The number of aliphatic imine (C=N–C) groups is 1. The molecule has 2 aromatic heterocycles. The van der Waals surface area contributed by atoms with E-state index in [4.69, 9.17) is 10.5 Å². The molecule has 0 radical (unpaired) electrons. The molecule has 0 fully saturated rings. The summed E-state index contributed by atoms with van der Waals surface area (Å²) in [6.07, 6.45) is -2.97. The Morgan fingerprint density at radius 3 is 2.61 bits per heavy atom. The molecule has 3 aromatic rings. The van der Waals surface area contributed by atoms with Gasteiger partial charge in [-0.3, -0.25) is 9.79 Å². The molecule has 0 saturated carbocycles. The van der Waals surface area contributed by atoms with E-state index in [2.05, 4.69) is 15.3 Å². The molecule has 1 aliphatic rings. The number of benzene rings is 1. The smallest absolute Gasteiger partial charge is 0.385 e. The fraction of sp³-hybridized carbons (Fsp3) is 0.318. The summed E-state index contributed by atoms with van der Waals surface area (Å²) in [5.74, 6) is -2.07. The maximum absolute atomic E-state index is 14.7. The molecule has 0 spiro atoms. The summed E-state index contributed by atoms with van der Waals surface area (Å²) in [4.78, 5) is 21.0. The molecule has 4 rings (SSSR count). The Kier molecular flexibility index (Phi) is 5.19. The molecule has 1 amide bonds. The number of carbonyl (C=O) groups is 1. The molecule has 174 valence electrons. The first-order valence-electron chi connectivity index (χ1n) is 9.94. The van der Waals surface area contributed by atoms with Crippen LogP contribution in [0.3, 0.4) is 0 Å². The zero-order valence-corrected chi connectivity index (χ0v) is 18.0. The molecule has 11 heteroatoms. The monoisotopic (exact) mass is 463 g/mol. The molecule has 7 nitrogen and oxygen atoms in total. The Labute approximate surface area is 186 Å². The second-order valence-electron chi connectivity index (χ2n) is 8.28. The normalized spacial score (nSPS) is 23.4. The average molecular weight is 463 g/mol. The molecular weight excluding hydrogens is 442 g/mol. The van der Waals surface area contributed by atoms with Crippen LogP contribution in [0.15, 0.2) is 47.6 Å². The van der Waals surface area contributed by atoms with E-state index < -0.39 is 41.5 Å². The van der Waals surface area contributed by atoms with Crippen LogP contribution >= 0.6 is 0 Å². The molecule has 2 unspecified atom stereocenters. The van der Waals surface area contributed by atoms with Crippen molar-refractivity contribution in [3.63, 3.8) is 0 Å². The Morgan fingerprint density at radius 1 is 1.21 bits per heavy atom. The second-order valence-corrected chi connectivity index (χ2v) is 8.28. The lowest BCUT2D eigenvalue weighted by atomic mass is 9.89. The third-order valence-electron chi connectivity index (χ3n) is 5.79. The fourth-order valence-corrected chi connectivity index (χ4v) is 3.60. The van der Waals surface area contributed by atoms with E-state index in [1.165, 1.54) is 19.1 Å². The Hall–Kier alpha value is -3.47. The lowest BCUT2D eigenvalue weighted by Crippen LogP contribution is -2.60. The number of hydrogen-bond donors (Lipinski definition) is 2. The summed E-state index contributed by atoms with van der Waals surface area (Å²) in [5, 5.41) is 3.50. The van der Waals surface area contributed by atoms with Crippen LogP contribution in [-0.4, -0.2) is 39.7 Å². The molecule has 3 N–H and O–H groups in total. The second kappa shape index (κ2) is 7.55. The quantitative estimate of drug-likeness (QED) is 0.577. The van der Waals surface area contributed by atoms with Crippen molar-refractivity contribution in [2.24, 2.45) is 17.8 Å². The molecule has 2 atom stereocenters. The number of rotatable bonds is 3. The van der Waals surface area contributed by atoms with E-state index in [1.54, 1.807) is 23.7 Å². The number of fused-ring (bicyclic) bond motifs is 1. The number of hydrogen-bond acceptors (Lipinski definition) is 5. The predicted molar refractivity (Wildman–Crippen MR) is 114 cm³/mol. The van der Waals surface area contributed by atoms with Crippen LogP contribution < -0.4 is 11.1 Å². The van der Waals surface area contributed by atoms with Crippen LogP contribution in [0.25, 0.3) is 11.0 Å². The first-order valence-corrected chi connectivity index (χ1v) is 9.94. The van der Waals surface area contributed by atoms with Crippen molar-refractivity contribution in [3.8, 4) is 0 Å². The van der Waals surface area contributed by atoms with E-state index in [-0.39, 0.29) is 16.9 Å². The minimum absolute atomic E-state index is 0.0710. The van der Waals surface area contributed by atoms with Gasteiger partial charge in [-0.15, -0.1) is 0 Å². The summed E-state index contributed by atoms with van der Waals surface area (Å²) in [6, 6.07) is 8.89. The lowest BCUT2D eigenvalue weighted by molar-refractivity contribution is -0.249. The van der Waals surface area contributed by atoms with Crippen LogP contribution in [0.1, 0.15) is 29.9 Å². The van der Waals surface area contributed by atoms with Gasteiger partial charge in [0.05, 0.1) is 6.61 Å². The Balaban J connectivity index is 1.64. The number of alkyl halides is 3. The zero-order chi connectivity index (χ0) is 24.2. The fourth-order valence-electron chi connectivity index (χ4n) is 3.60. The van der Waals surface area contributed by atoms with Crippen LogP contribution in [0.2, 0.25) is 0 Å². The van der Waals surface area contributed by atoms with E-state index in [0.29, 0.717) is 5.65 Å². The van der Waals surface area contributed by atoms with Crippen molar-refractivity contribution >= 4 is 28.5 Å². The lowest BCUT2D eigenvalue weighted by Gasteiger charge is -2.41. The van der Waals surface area contributed by atoms with Crippen LogP contribution in [0.4, 0.5) is 23.2 Å². The molecule has 33 heavy (non-hydrogen) atoms. The number of anilines is 1. The summed E-state index contributed by atoms with van der Waals surface area (Å²) in [7, 11) is 1.80. The van der Waals surface area contributed by atoms with Crippen LogP contribution in [-0.2, 0) is 17.3 Å². The van der Waals surface area contributed by atoms with Gasteiger partial charge in [0, 0.05) is 29.9 Å². The Bertz CT molecular complexity index is 1290. The number of carbonyl (C=O) groups excluding carboxylic acids is 1. The number of nitrogens with one attached hydrogen (secondary N) is 1. The molecule has 0 bridgehead atoms. The summed E-state index contributed by atoms with van der Waals surface area (Å²) in [5.41, 5.74) is 2.22. The van der Waals surface area contributed by atoms with Gasteiger partial charge in [0.1, 0.15) is 28.5 Å². The first-order chi connectivity index (χ1) is 15.3. The highest BCUT2D eigenvalue weighted by atomic mass is 19.4. The van der Waals surface area contributed by atoms with E-state index in [0.717, 1.165) is 18.4 Å². The minimum Gasteiger partial charge on any atom is -0.385 e. The largest absolute Gasteiger partial charge is 0.424 e. The molecule has 0 saturated heterocycles. The molecular formula is C22H21F4N5O2. The maximum Gasteiger partial charge on any atom is 0.424 e. The molecule has 0 aliphatic carbocycles. The highest BCUT2D eigenvalue weighted by Crippen LogP contribution is 2.41. The van der Waals surface area contributed by atoms with Crippen molar-refractivity contribution in [1.82, 2.24) is 9.55 Å². The van der Waals surface area contributed by atoms with Crippen molar-refractivity contribution in [1.29, 1.82) is 0 Å². The van der Waals surface area contributed by atoms with Gasteiger partial charge in [-0.2, -0.15) is 13.2 Å². The predicted octanol–water partition coefficient (Wildman–Crippen LogP) is 3.89. The zero-order valence-electron chi connectivity index (χ0n) is 18.0. The van der Waals surface area contributed by atoms with Gasteiger partial charge >= 0.3 is 6.18 Å². The molecule has 1 aliphatic heterocycles. The molecule has 3 heterocycles. The summed E-state index contributed by atoms with van der Waals surface area (Å²) >= 11 is 0. The van der Waals surface area contributed by atoms with Gasteiger partial charge in [-0.1, -0.05) is 0 Å². The van der Waals surface area contributed by atoms with E-state index in [9.17, 15) is 22.4 Å². The summed E-state index contributed by atoms with van der Waals surface area (Å²) in [6.45, 7) is 1.61.